The van der Waals surface area contributed by atoms with Gasteiger partial charge in [-0.15, -0.1) is 0 Å². The molecular weight excluding hydrogens is 369 g/mol. The number of benzene rings is 1. The smallest absolute Gasteiger partial charge is 0.277 e. The van der Waals surface area contributed by atoms with Crippen molar-refractivity contribution >= 4 is 26.6 Å². The number of hydrogen-bond acceptors (Lipinski definition) is 5. The van der Waals surface area contributed by atoms with E-state index in [0.29, 0.717) is 0 Å². The third-order valence-electron chi connectivity index (χ3n) is 3.48. The van der Waals surface area contributed by atoms with Crippen LogP contribution in [0.25, 0.3) is 10.9 Å². The monoisotopic (exact) mass is 378 g/mol. The Bertz CT molecular complexity index is 1120. The average molecular weight is 378 g/mol. The van der Waals surface area contributed by atoms with Crippen LogP contribution in [0.2, 0.25) is 0 Å². The summed E-state index contributed by atoms with van der Waals surface area (Å²) < 4.78 is 66.5. The van der Waals surface area contributed by atoms with E-state index in [2.05, 4.69) is 14.7 Å². The normalized spacial score (nSPS) is 11.9. The van der Waals surface area contributed by atoms with Crippen LogP contribution >= 0.6 is 0 Å². The number of fused-ring (bicyclic) bond motifs is 1. The molecule has 3 rings (SSSR count). The molecule has 26 heavy (non-hydrogen) atoms. The van der Waals surface area contributed by atoms with Crippen molar-refractivity contribution in [2.45, 2.75) is 11.1 Å². The molecule has 0 aliphatic heterocycles. The standard InChI is InChI=1S/C16H9F3N4O2S/c17-16(18,19)13-5-6-14(15-12(13)2-1-7-21-15)23-26(24,25)11-4-3-10(8-20)22-9-11/h1-7,9,23H. The van der Waals surface area contributed by atoms with Crippen LogP contribution in [0.3, 0.4) is 0 Å². The molecule has 2 aromatic heterocycles. The Balaban J connectivity index is 2.08. The molecule has 0 amide bonds. The van der Waals surface area contributed by atoms with E-state index in [-0.39, 0.29) is 27.2 Å². The van der Waals surface area contributed by atoms with Gasteiger partial charge in [-0.1, -0.05) is 6.07 Å². The Morgan fingerprint density at radius 3 is 2.46 bits per heavy atom. The quantitative estimate of drug-likeness (QED) is 0.754. The van der Waals surface area contributed by atoms with Gasteiger partial charge in [-0.25, -0.2) is 13.4 Å². The van der Waals surface area contributed by atoms with E-state index >= 15 is 0 Å². The molecule has 2 heterocycles. The summed E-state index contributed by atoms with van der Waals surface area (Å²) in [5, 5.41) is 8.47. The van der Waals surface area contributed by atoms with Gasteiger partial charge in [0.1, 0.15) is 16.7 Å². The third kappa shape index (κ3) is 3.29. The number of hydrogen-bond donors (Lipinski definition) is 1. The van der Waals surface area contributed by atoms with Gasteiger partial charge in [-0.3, -0.25) is 9.71 Å². The van der Waals surface area contributed by atoms with Crippen molar-refractivity contribution in [1.29, 1.82) is 5.26 Å². The zero-order chi connectivity index (χ0) is 18.9. The molecule has 0 unspecified atom stereocenters. The van der Waals surface area contributed by atoms with E-state index in [1.54, 1.807) is 6.07 Å². The van der Waals surface area contributed by atoms with Crippen molar-refractivity contribution in [3.63, 3.8) is 0 Å². The molecule has 0 aliphatic rings. The molecule has 0 spiro atoms. The first kappa shape index (κ1) is 17.6. The van der Waals surface area contributed by atoms with Crippen molar-refractivity contribution < 1.29 is 21.6 Å². The highest BCUT2D eigenvalue weighted by Gasteiger charge is 2.33. The first-order valence-corrected chi connectivity index (χ1v) is 8.54. The topological polar surface area (TPSA) is 95.7 Å². The highest BCUT2D eigenvalue weighted by atomic mass is 32.2. The van der Waals surface area contributed by atoms with Crippen LogP contribution in [0, 0.1) is 11.3 Å². The third-order valence-corrected chi connectivity index (χ3v) is 4.83. The SMILES string of the molecule is N#Cc1ccc(S(=O)(=O)Nc2ccc(C(F)(F)F)c3cccnc23)cn1. The van der Waals surface area contributed by atoms with E-state index in [0.717, 1.165) is 18.3 Å². The van der Waals surface area contributed by atoms with E-state index in [4.69, 9.17) is 5.26 Å². The first-order valence-electron chi connectivity index (χ1n) is 7.06. The summed E-state index contributed by atoms with van der Waals surface area (Å²) in [6.45, 7) is 0. The Hall–Kier alpha value is -3.19. The zero-order valence-electron chi connectivity index (χ0n) is 12.8. The summed E-state index contributed by atoms with van der Waals surface area (Å²) in [7, 11) is -4.12. The van der Waals surface area contributed by atoms with E-state index in [1.807, 2.05) is 0 Å². The van der Waals surface area contributed by atoms with Gasteiger partial charge in [0.2, 0.25) is 0 Å². The number of rotatable bonds is 3. The highest BCUT2D eigenvalue weighted by molar-refractivity contribution is 7.92. The number of nitrogens with zero attached hydrogens (tertiary/aromatic N) is 3. The van der Waals surface area contributed by atoms with Crippen molar-refractivity contribution in [2.24, 2.45) is 0 Å². The molecule has 1 aromatic carbocycles. The van der Waals surface area contributed by atoms with Gasteiger partial charge in [0.25, 0.3) is 10.0 Å². The number of pyridine rings is 2. The second-order valence-electron chi connectivity index (χ2n) is 5.15. The number of halogens is 3. The van der Waals surface area contributed by atoms with Crippen LogP contribution in [-0.2, 0) is 16.2 Å². The molecule has 1 N–H and O–H groups in total. The maximum Gasteiger partial charge on any atom is 0.417 e. The number of nitrogens with one attached hydrogen (secondary N) is 1. The summed E-state index contributed by atoms with van der Waals surface area (Å²) >= 11 is 0. The van der Waals surface area contributed by atoms with Gasteiger partial charge in [0.05, 0.1) is 16.8 Å². The Labute approximate surface area is 146 Å². The summed E-state index contributed by atoms with van der Waals surface area (Å²) in [5.74, 6) is 0. The highest BCUT2D eigenvalue weighted by Crippen LogP contribution is 2.37. The molecule has 0 bridgehead atoms. The summed E-state index contributed by atoms with van der Waals surface area (Å²) in [6, 6.07) is 8.50. The average Bonchev–Trinajstić information content (AvgIpc) is 2.61. The number of sulfonamides is 1. The van der Waals surface area contributed by atoms with Crippen LogP contribution in [0.1, 0.15) is 11.3 Å². The van der Waals surface area contributed by atoms with Crippen molar-refractivity contribution in [3.8, 4) is 6.07 Å². The fourth-order valence-electron chi connectivity index (χ4n) is 2.31. The molecule has 3 aromatic rings. The van der Waals surface area contributed by atoms with Crippen LogP contribution in [0.5, 0.6) is 0 Å². The molecule has 0 aliphatic carbocycles. The largest absolute Gasteiger partial charge is 0.417 e. The van der Waals surface area contributed by atoms with Crippen LogP contribution in [-0.4, -0.2) is 18.4 Å². The Morgan fingerprint density at radius 2 is 1.85 bits per heavy atom. The van der Waals surface area contributed by atoms with E-state index < -0.39 is 21.8 Å². The first-order chi connectivity index (χ1) is 12.2. The van der Waals surface area contributed by atoms with Gasteiger partial charge in [0.15, 0.2) is 0 Å². The van der Waals surface area contributed by atoms with Crippen molar-refractivity contribution in [3.05, 3.63) is 60.0 Å². The molecule has 10 heteroatoms. The minimum absolute atomic E-state index is 0.0330. The Kier molecular flexibility index (Phi) is 4.25. The van der Waals surface area contributed by atoms with Crippen LogP contribution in [0.15, 0.2) is 53.7 Å². The van der Waals surface area contributed by atoms with Crippen molar-refractivity contribution in [2.75, 3.05) is 4.72 Å². The van der Waals surface area contributed by atoms with Gasteiger partial charge >= 0.3 is 6.18 Å². The minimum atomic E-state index is -4.60. The summed E-state index contributed by atoms with van der Waals surface area (Å²) in [6.07, 6.45) is -2.35. The van der Waals surface area contributed by atoms with E-state index in [9.17, 15) is 21.6 Å². The van der Waals surface area contributed by atoms with Gasteiger partial charge in [-0.05, 0) is 30.3 Å². The Morgan fingerprint density at radius 1 is 1.08 bits per heavy atom. The molecule has 132 valence electrons. The lowest BCUT2D eigenvalue weighted by Crippen LogP contribution is -2.15. The molecular formula is C16H9F3N4O2S. The predicted octanol–water partition coefficient (Wildman–Crippen LogP) is 3.32. The predicted molar refractivity (Wildman–Crippen MR) is 86.5 cm³/mol. The number of nitriles is 1. The number of aromatic nitrogens is 2. The lowest BCUT2D eigenvalue weighted by molar-refractivity contribution is -0.136. The molecule has 0 atom stereocenters. The maximum atomic E-state index is 13.1. The number of alkyl halides is 3. The van der Waals surface area contributed by atoms with E-state index in [1.165, 1.54) is 30.5 Å². The van der Waals surface area contributed by atoms with Crippen molar-refractivity contribution in [1.82, 2.24) is 9.97 Å². The molecule has 0 radical (unpaired) electrons. The van der Waals surface area contributed by atoms with Gasteiger partial charge in [-0.2, -0.15) is 18.4 Å². The van der Waals surface area contributed by atoms with Gasteiger partial charge in [0, 0.05) is 17.8 Å². The molecule has 0 saturated heterocycles. The molecule has 6 nitrogen and oxygen atoms in total. The summed E-state index contributed by atoms with van der Waals surface area (Å²) in [4.78, 5) is 7.31. The second-order valence-corrected chi connectivity index (χ2v) is 6.84. The van der Waals surface area contributed by atoms with Gasteiger partial charge < -0.3 is 0 Å². The lowest BCUT2D eigenvalue weighted by atomic mass is 10.1. The number of anilines is 1. The molecule has 0 fully saturated rings. The van der Waals surface area contributed by atoms with Crippen LogP contribution in [0.4, 0.5) is 18.9 Å². The lowest BCUT2D eigenvalue weighted by Gasteiger charge is -2.14. The minimum Gasteiger partial charge on any atom is -0.277 e. The second kappa shape index (κ2) is 6.27. The summed E-state index contributed by atoms with van der Waals surface area (Å²) in [5.41, 5.74) is -1.11. The maximum absolute atomic E-state index is 13.1. The fourth-order valence-corrected chi connectivity index (χ4v) is 3.32. The fraction of sp³-hybridized carbons (Fsp3) is 0.0625. The van der Waals surface area contributed by atoms with Crippen LogP contribution < -0.4 is 4.72 Å². The zero-order valence-corrected chi connectivity index (χ0v) is 13.6. The molecule has 0 saturated carbocycles.